The molecule has 0 aliphatic carbocycles. The van der Waals surface area contributed by atoms with Gasteiger partial charge in [-0.15, -0.1) is 0 Å². The molecule has 2 nitrogen and oxygen atoms in total. The summed E-state index contributed by atoms with van der Waals surface area (Å²) in [7, 11) is 0. The number of ether oxygens (including phenoxy) is 1. The second kappa shape index (κ2) is 6.54. The van der Waals surface area contributed by atoms with Gasteiger partial charge < -0.3 is 4.74 Å². The van der Waals surface area contributed by atoms with Gasteiger partial charge in [0.2, 0.25) is 0 Å². The van der Waals surface area contributed by atoms with Crippen LogP contribution in [-0.2, 0) is 0 Å². The molecule has 1 aromatic carbocycles. The van der Waals surface area contributed by atoms with Gasteiger partial charge in [0, 0.05) is 11.4 Å². The first-order chi connectivity index (χ1) is 7.69. The predicted octanol–water partition coefficient (Wildman–Crippen LogP) is 4.11. The van der Waals surface area contributed by atoms with Crippen molar-refractivity contribution in [2.45, 2.75) is 33.1 Å². The van der Waals surface area contributed by atoms with Crippen molar-refractivity contribution in [3.8, 4) is 5.75 Å². The van der Waals surface area contributed by atoms with Gasteiger partial charge in [0.15, 0.2) is 5.78 Å². The highest BCUT2D eigenvalue weighted by atomic mass is 35.5. The Morgan fingerprint density at radius 1 is 1.38 bits per heavy atom. The summed E-state index contributed by atoms with van der Waals surface area (Å²) in [6.07, 6.45) is 2.49. The molecule has 1 rings (SSSR count). The highest BCUT2D eigenvalue weighted by molar-refractivity contribution is 6.30. The number of benzene rings is 1. The van der Waals surface area contributed by atoms with Crippen molar-refractivity contribution in [2.75, 3.05) is 6.61 Å². The summed E-state index contributed by atoms with van der Waals surface area (Å²) in [6, 6.07) is 5.17. The standard InChI is InChI=1S/C13H17ClO2/c1-3-5-6-12(15)11-8-7-10(14)9-13(11)16-4-2/h7-9H,3-6H2,1-2H3. The zero-order chi connectivity index (χ0) is 12.0. The quantitative estimate of drug-likeness (QED) is 0.700. The van der Waals surface area contributed by atoms with Crippen molar-refractivity contribution in [1.82, 2.24) is 0 Å². The van der Waals surface area contributed by atoms with E-state index in [4.69, 9.17) is 16.3 Å². The van der Waals surface area contributed by atoms with E-state index in [0.29, 0.717) is 29.4 Å². The van der Waals surface area contributed by atoms with E-state index in [-0.39, 0.29) is 5.78 Å². The molecule has 1 aromatic rings. The van der Waals surface area contributed by atoms with E-state index < -0.39 is 0 Å². The molecule has 0 N–H and O–H groups in total. The third kappa shape index (κ3) is 3.53. The van der Waals surface area contributed by atoms with E-state index in [1.807, 2.05) is 6.92 Å². The van der Waals surface area contributed by atoms with Gasteiger partial charge >= 0.3 is 0 Å². The van der Waals surface area contributed by atoms with Crippen molar-refractivity contribution in [1.29, 1.82) is 0 Å². The predicted molar refractivity (Wildman–Crippen MR) is 66.5 cm³/mol. The largest absolute Gasteiger partial charge is 0.493 e. The van der Waals surface area contributed by atoms with Gasteiger partial charge in [-0.1, -0.05) is 24.9 Å². The second-order valence-corrected chi connectivity index (χ2v) is 4.04. The van der Waals surface area contributed by atoms with Gasteiger partial charge in [0.05, 0.1) is 12.2 Å². The number of carbonyl (C=O) groups is 1. The minimum Gasteiger partial charge on any atom is -0.493 e. The topological polar surface area (TPSA) is 26.3 Å². The Kier molecular flexibility index (Phi) is 5.33. The highest BCUT2D eigenvalue weighted by Gasteiger charge is 2.12. The number of unbranched alkanes of at least 4 members (excludes halogenated alkanes) is 1. The number of rotatable bonds is 6. The lowest BCUT2D eigenvalue weighted by atomic mass is 10.0. The first kappa shape index (κ1) is 13.0. The Hall–Kier alpha value is -1.02. The number of hydrogen-bond donors (Lipinski definition) is 0. The zero-order valence-electron chi connectivity index (χ0n) is 9.75. The van der Waals surface area contributed by atoms with E-state index in [2.05, 4.69) is 6.92 Å². The van der Waals surface area contributed by atoms with Crippen LogP contribution in [0.15, 0.2) is 18.2 Å². The lowest BCUT2D eigenvalue weighted by molar-refractivity contribution is 0.0976. The number of Topliss-reactive ketones (excluding diaryl/α,β-unsaturated/α-hetero) is 1. The van der Waals surface area contributed by atoms with Crippen LogP contribution in [0, 0.1) is 0 Å². The Balaban J connectivity index is 2.88. The van der Waals surface area contributed by atoms with Crippen LogP contribution in [0.25, 0.3) is 0 Å². The molecule has 0 fully saturated rings. The molecule has 0 atom stereocenters. The fourth-order valence-electron chi connectivity index (χ4n) is 1.47. The van der Waals surface area contributed by atoms with Gasteiger partial charge in [0.25, 0.3) is 0 Å². The van der Waals surface area contributed by atoms with Crippen LogP contribution in [-0.4, -0.2) is 12.4 Å². The summed E-state index contributed by atoms with van der Waals surface area (Å²) in [5, 5.41) is 0.593. The number of halogens is 1. The second-order valence-electron chi connectivity index (χ2n) is 3.60. The molecule has 0 spiro atoms. The molecule has 0 aliphatic heterocycles. The molecular weight excluding hydrogens is 224 g/mol. The molecule has 0 heterocycles. The minimum atomic E-state index is 0.127. The Morgan fingerprint density at radius 3 is 2.75 bits per heavy atom. The summed E-state index contributed by atoms with van der Waals surface area (Å²) >= 11 is 5.87. The molecule has 0 radical (unpaired) electrons. The molecule has 0 unspecified atom stereocenters. The summed E-state index contributed by atoms with van der Waals surface area (Å²) in [5.41, 5.74) is 0.639. The average Bonchev–Trinajstić information content (AvgIpc) is 2.26. The number of ketones is 1. The van der Waals surface area contributed by atoms with E-state index in [9.17, 15) is 4.79 Å². The smallest absolute Gasteiger partial charge is 0.166 e. The fraction of sp³-hybridized carbons (Fsp3) is 0.462. The van der Waals surface area contributed by atoms with Crippen LogP contribution in [0.1, 0.15) is 43.5 Å². The lowest BCUT2D eigenvalue weighted by Crippen LogP contribution is -2.03. The van der Waals surface area contributed by atoms with E-state index in [0.717, 1.165) is 12.8 Å². The van der Waals surface area contributed by atoms with Crippen LogP contribution in [0.4, 0.5) is 0 Å². The molecular formula is C13H17ClO2. The maximum atomic E-state index is 11.9. The average molecular weight is 241 g/mol. The normalized spacial score (nSPS) is 10.2. The highest BCUT2D eigenvalue weighted by Crippen LogP contribution is 2.25. The molecule has 88 valence electrons. The van der Waals surface area contributed by atoms with Crippen molar-refractivity contribution >= 4 is 17.4 Å². The molecule has 0 amide bonds. The summed E-state index contributed by atoms with van der Waals surface area (Å²) < 4.78 is 5.41. The van der Waals surface area contributed by atoms with Gasteiger partial charge in [-0.2, -0.15) is 0 Å². The van der Waals surface area contributed by atoms with Gasteiger partial charge in [-0.3, -0.25) is 4.79 Å². The fourth-order valence-corrected chi connectivity index (χ4v) is 1.64. The third-order valence-electron chi connectivity index (χ3n) is 2.30. The molecule has 0 aromatic heterocycles. The van der Waals surface area contributed by atoms with Gasteiger partial charge in [0.1, 0.15) is 5.75 Å². The third-order valence-corrected chi connectivity index (χ3v) is 2.54. The molecule has 0 saturated carbocycles. The summed E-state index contributed by atoms with van der Waals surface area (Å²) in [4.78, 5) is 11.9. The van der Waals surface area contributed by atoms with Crippen LogP contribution >= 0.6 is 11.6 Å². The maximum absolute atomic E-state index is 11.9. The van der Waals surface area contributed by atoms with E-state index >= 15 is 0 Å². The zero-order valence-corrected chi connectivity index (χ0v) is 10.5. The maximum Gasteiger partial charge on any atom is 0.166 e. The van der Waals surface area contributed by atoms with Crippen LogP contribution in [0.3, 0.4) is 0 Å². The van der Waals surface area contributed by atoms with Gasteiger partial charge in [-0.05, 0) is 31.5 Å². The Bertz CT molecular complexity index is 361. The monoisotopic (exact) mass is 240 g/mol. The first-order valence-corrected chi connectivity index (χ1v) is 6.02. The summed E-state index contributed by atoms with van der Waals surface area (Å²) in [5.74, 6) is 0.720. The Morgan fingerprint density at radius 2 is 2.12 bits per heavy atom. The van der Waals surface area contributed by atoms with Crippen LogP contribution < -0.4 is 4.74 Å². The summed E-state index contributed by atoms with van der Waals surface area (Å²) in [6.45, 7) is 4.49. The molecule has 0 bridgehead atoms. The number of hydrogen-bond acceptors (Lipinski definition) is 2. The number of carbonyl (C=O) groups excluding carboxylic acids is 1. The van der Waals surface area contributed by atoms with Crippen molar-refractivity contribution in [2.24, 2.45) is 0 Å². The molecule has 16 heavy (non-hydrogen) atoms. The van der Waals surface area contributed by atoms with Crippen LogP contribution in [0.5, 0.6) is 5.75 Å². The minimum absolute atomic E-state index is 0.127. The van der Waals surface area contributed by atoms with Crippen LogP contribution in [0.2, 0.25) is 5.02 Å². The SMILES string of the molecule is CCCCC(=O)c1ccc(Cl)cc1OCC. The molecule has 3 heteroatoms. The van der Waals surface area contributed by atoms with E-state index in [1.165, 1.54) is 0 Å². The van der Waals surface area contributed by atoms with Crippen molar-refractivity contribution in [3.63, 3.8) is 0 Å². The van der Waals surface area contributed by atoms with Gasteiger partial charge in [-0.25, -0.2) is 0 Å². The Labute approximate surface area is 102 Å². The van der Waals surface area contributed by atoms with Crippen molar-refractivity contribution < 1.29 is 9.53 Å². The van der Waals surface area contributed by atoms with Crippen molar-refractivity contribution in [3.05, 3.63) is 28.8 Å². The molecule has 0 aliphatic rings. The molecule has 0 saturated heterocycles. The van der Waals surface area contributed by atoms with E-state index in [1.54, 1.807) is 18.2 Å². The first-order valence-electron chi connectivity index (χ1n) is 5.64. The lowest BCUT2D eigenvalue weighted by Gasteiger charge is -2.09.